The summed E-state index contributed by atoms with van der Waals surface area (Å²) >= 11 is 0. The molecule has 0 bridgehead atoms. The Bertz CT molecular complexity index is 170. The van der Waals surface area contributed by atoms with Crippen LogP contribution in [-0.2, 0) is 0 Å². The Balaban J connectivity index is 2.58. The minimum absolute atomic E-state index is 0.321. The van der Waals surface area contributed by atoms with E-state index in [1.165, 1.54) is 18.4 Å². The van der Waals surface area contributed by atoms with Gasteiger partial charge in [0.2, 0.25) is 0 Å². The van der Waals surface area contributed by atoms with Crippen LogP contribution >= 0.6 is 0 Å². The van der Waals surface area contributed by atoms with Crippen molar-refractivity contribution in [3.63, 3.8) is 0 Å². The molecule has 0 unspecified atom stereocenters. The van der Waals surface area contributed by atoms with Crippen molar-refractivity contribution >= 4 is 0 Å². The molecule has 1 aliphatic rings. The molecule has 0 aromatic heterocycles. The Morgan fingerprint density at radius 2 is 2.55 bits per heavy atom. The van der Waals surface area contributed by atoms with Gasteiger partial charge in [0.15, 0.2) is 0 Å². The maximum Gasteiger partial charge on any atom is 0.0780 e. The first-order valence-electron chi connectivity index (χ1n) is 4.22. The normalized spacial score (nSPS) is 27.5. The summed E-state index contributed by atoms with van der Waals surface area (Å²) in [6, 6.07) is 0. The maximum absolute atomic E-state index is 9.44. The third-order valence-electron chi connectivity index (χ3n) is 2.29. The van der Waals surface area contributed by atoms with Crippen molar-refractivity contribution in [1.82, 2.24) is 0 Å². The summed E-state index contributed by atoms with van der Waals surface area (Å²) < 4.78 is 0. The van der Waals surface area contributed by atoms with Gasteiger partial charge in [0.1, 0.15) is 0 Å². The highest BCUT2D eigenvalue weighted by Crippen LogP contribution is 2.25. The standard InChI is InChI=1S/C10H16O/c1-3-10(11)9-6-4-5-8(2)7-9/h3,7,9-11H,1,4-6H2,2H3/t9-,10-/m1/s1. The van der Waals surface area contributed by atoms with Gasteiger partial charge in [0.25, 0.3) is 0 Å². The topological polar surface area (TPSA) is 20.2 Å². The van der Waals surface area contributed by atoms with Gasteiger partial charge in [-0.3, -0.25) is 0 Å². The monoisotopic (exact) mass is 152 g/mol. The van der Waals surface area contributed by atoms with E-state index in [2.05, 4.69) is 19.6 Å². The molecule has 1 rings (SSSR count). The Hall–Kier alpha value is -0.560. The summed E-state index contributed by atoms with van der Waals surface area (Å²) in [5.74, 6) is 0.321. The molecule has 0 heterocycles. The van der Waals surface area contributed by atoms with Crippen LogP contribution in [0.3, 0.4) is 0 Å². The summed E-state index contributed by atoms with van der Waals surface area (Å²) in [6.45, 7) is 5.71. The molecule has 1 aliphatic carbocycles. The molecule has 0 aromatic carbocycles. The molecule has 62 valence electrons. The molecule has 1 heteroatoms. The lowest BCUT2D eigenvalue weighted by molar-refractivity contribution is 0.167. The Morgan fingerprint density at radius 3 is 3.09 bits per heavy atom. The van der Waals surface area contributed by atoms with Crippen LogP contribution in [0, 0.1) is 5.92 Å². The maximum atomic E-state index is 9.44. The van der Waals surface area contributed by atoms with Gasteiger partial charge in [-0.05, 0) is 26.2 Å². The average Bonchev–Trinajstić information content (AvgIpc) is 2.03. The molecule has 0 amide bonds. The van der Waals surface area contributed by atoms with Crippen LogP contribution in [0.25, 0.3) is 0 Å². The van der Waals surface area contributed by atoms with E-state index in [0.29, 0.717) is 5.92 Å². The first-order valence-corrected chi connectivity index (χ1v) is 4.22. The summed E-state index contributed by atoms with van der Waals surface area (Å²) in [7, 11) is 0. The highest BCUT2D eigenvalue weighted by molar-refractivity contribution is 5.08. The molecule has 0 saturated heterocycles. The molecule has 0 fully saturated rings. The van der Waals surface area contributed by atoms with Crippen molar-refractivity contribution in [2.45, 2.75) is 32.3 Å². The molecule has 0 spiro atoms. The van der Waals surface area contributed by atoms with Crippen molar-refractivity contribution < 1.29 is 5.11 Å². The van der Waals surface area contributed by atoms with Crippen molar-refractivity contribution in [1.29, 1.82) is 0 Å². The Labute approximate surface area is 68.4 Å². The fraction of sp³-hybridized carbons (Fsp3) is 0.600. The summed E-state index contributed by atoms with van der Waals surface area (Å²) in [5, 5.41) is 9.44. The molecular weight excluding hydrogens is 136 g/mol. The predicted molar refractivity (Wildman–Crippen MR) is 47.3 cm³/mol. The van der Waals surface area contributed by atoms with Crippen molar-refractivity contribution in [2.24, 2.45) is 5.92 Å². The van der Waals surface area contributed by atoms with Gasteiger partial charge in [-0.2, -0.15) is 0 Å². The SMILES string of the molecule is C=C[C@@H](O)[C@H]1C=C(C)CCC1. The van der Waals surface area contributed by atoms with E-state index in [-0.39, 0.29) is 6.10 Å². The average molecular weight is 152 g/mol. The van der Waals surface area contributed by atoms with E-state index in [4.69, 9.17) is 0 Å². The lowest BCUT2D eigenvalue weighted by Crippen LogP contribution is -2.18. The lowest BCUT2D eigenvalue weighted by Gasteiger charge is -2.21. The number of allylic oxidation sites excluding steroid dienone is 1. The molecule has 0 saturated carbocycles. The minimum Gasteiger partial charge on any atom is -0.388 e. The number of aliphatic hydroxyl groups excluding tert-OH is 1. The van der Waals surface area contributed by atoms with Gasteiger partial charge in [-0.15, -0.1) is 6.58 Å². The molecule has 1 N–H and O–H groups in total. The van der Waals surface area contributed by atoms with E-state index in [1.54, 1.807) is 6.08 Å². The number of rotatable bonds is 2. The molecule has 0 radical (unpaired) electrons. The zero-order chi connectivity index (χ0) is 8.27. The highest BCUT2D eigenvalue weighted by Gasteiger charge is 2.16. The first kappa shape index (κ1) is 8.54. The van der Waals surface area contributed by atoms with E-state index < -0.39 is 0 Å². The molecule has 0 aliphatic heterocycles. The van der Waals surface area contributed by atoms with Crippen LogP contribution in [0.4, 0.5) is 0 Å². The summed E-state index contributed by atoms with van der Waals surface area (Å²) in [6.07, 6.45) is 6.96. The van der Waals surface area contributed by atoms with E-state index in [9.17, 15) is 5.11 Å². The zero-order valence-corrected chi connectivity index (χ0v) is 7.09. The fourth-order valence-electron chi connectivity index (χ4n) is 1.59. The van der Waals surface area contributed by atoms with Crippen LogP contribution in [0.5, 0.6) is 0 Å². The van der Waals surface area contributed by atoms with Crippen LogP contribution in [-0.4, -0.2) is 11.2 Å². The summed E-state index contributed by atoms with van der Waals surface area (Å²) in [4.78, 5) is 0. The second-order valence-electron chi connectivity index (χ2n) is 3.30. The minimum atomic E-state index is -0.342. The molecule has 11 heavy (non-hydrogen) atoms. The van der Waals surface area contributed by atoms with Crippen molar-refractivity contribution in [3.8, 4) is 0 Å². The van der Waals surface area contributed by atoms with Gasteiger partial charge >= 0.3 is 0 Å². The van der Waals surface area contributed by atoms with Crippen molar-refractivity contribution in [2.75, 3.05) is 0 Å². The Morgan fingerprint density at radius 1 is 1.82 bits per heavy atom. The quantitative estimate of drug-likeness (QED) is 0.602. The number of aliphatic hydroxyl groups is 1. The summed E-state index contributed by atoms with van der Waals surface area (Å²) in [5.41, 5.74) is 1.40. The first-order chi connectivity index (χ1) is 5.24. The van der Waals surface area contributed by atoms with Gasteiger partial charge in [0, 0.05) is 5.92 Å². The smallest absolute Gasteiger partial charge is 0.0780 e. The largest absolute Gasteiger partial charge is 0.388 e. The van der Waals surface area contributed by atoms with Crippen LogP contribution < -0.4 is 0 Å². The van der Waals surface area contributed by atoms with Crippen LogP contribution in [0.1, 0.15) is 26.2 Å². The number of hydrogen-bond donors (Lipinski definition) is 1. The molecule has 2 atom stereocenters. The van der Waals surface area contributed by atoms with E-state index >= 15 is 0 Å². The Kier molecular flexibility index (Phi) is 2.89. The number of hydrogen-bond acceptors (Lipinski definition) is 1. The molecule has 0 aromatic rings. The van der Waals surface area contributed by atoms with Gasteiger partial charge in [-0.25, -0.2) is 0 Å². The fourth-order valence-corrected chi connectivity index (χ4v) is 1.59. The van der Waals surface area contributed by atoms with E-state index in [1.807, 2.05) is 0 Å². The third kappa shape index (κ3) is 2.19. The second-order valence-corrected chi connectivity index (χ2v) is 3.30. The van der Waals surface area contributed by atoms with E-state index in [0.717, 1.165) is 6.42 Å². The lowest BCUT2D eigenvalue weighted by atomic mass is 9.87. The predicted octanol–water partition coefficient (Wildman–Crippen LogP) is 2.28. The van der Waals surface area contributed by atoms with Gasteiger partial charge in [0.05, 0.1) is 6.10 Å². The molecule has 1 nitrogen and oxygen atoms in total. The molecular formula is C10H16O. The third-order valence-corrected chi connectivity index (χ3v) is 2.29. The van der Waals surface area contributed by atoms with Gasteiger partial charge < -0.3 is 5.11 Å². The van der Waals surface area contributed by atoms with Crippen LogP contribution in [0.15, 0.2) is 24.3 Å². The highest BCUT2D eigenvalue weighted by atomic mass is 16.3. The van der Waals surface area contributed by atoms with Gasteiger partial charge in [-0.1, -0.05) is 17.7 Å². The van der Waals surface area contributed by atoms with Crippen LogP contribution in [0.2, 0.25) is 0 Å². The second kappa shape index (κ2) is 3.72. The van der Waals surface area contributed by atoms with Crippen molar-refractivity contribution in [3.05, 3.63) is 24.3 Å². The zero-order valence-electron chi connectivity index (χ0n) is 7.09.